The molecule has 3 aliphatic rings. The second-order valence-electron chi connectivity index (χ2n) is 13.9. The third-order valence-corrected chi connectivity index (χ3v) is 13.7. The number of ether oxygens (including phenoxy) is 1. The standard InChI is InChI=1S/C37H46Cl2N6O6S2/c1-5-51-33-26-31(53(49,50)44-19-6-7-20-44)16-17-32(33)34-41-36(2,27-8-12-29(38)13-9-27)37(3,28-10-14-30(39)15-11-28)45(34)35(46)43-24-22-42(23-25-43)21-18-40-52(4,47)48/h8-17,26,40H,5-7,18-25H2,1-4H3. The summed E-state index contributed by atoms with van der Waals surface area (Å²) in [6.07, 6.45) is 2.75. The molecule has 1 N–H and O–H groups in total. The van der Waals surface area contributed by atoms with Gasteiger partial charge in [-0.1, -0.05) is 47.5 Å². The number of piperazine rings is 1. The number of benzene rings is 3. The van der Waals surface area contributed by atoms with E-state index >= 15 is 4.79 Å². The molecule has 2 fully saturated rings. The first-order valence-electron chi connectivity index (χ1n) is 17.7. The fourth-order valence-electron chi connectivity index (χ4n) is 7.46. The Morgan fingerprint density at radius 1 is 0.849 bits per heavy atom. The molecule has 3 heterocycles. The Hall–Kier alpha value is -3.24. The lowest BCUT2D eigenvalue weighted by Gasteiger charge is -2.47. The van der Waals surface area contributed by atoms with Gasteiger partial charge in [-0.2, -0.15) is 4.31 Å². The summed E-state index contributed by atoms with van der Waals surface area (Å²) in [7, 11) is -7.09. The average molecular weight is 806 g/mol. The Balaban J connectivity index is 1.48. The number of carbonyl (C=O) groups excluding carboxylic acids is 1. The number of urea groups is 1. The van der Waals surface area contributed by atoms with Crippen molar-refractivity contribution in [3.63, 3.8) is 0 Å². The molecule has 12 nitrogen and oxygen atoms in total. The molecular weight excluding hydrogens is 759 g/mol. The van der Waals surface area contributed by atoms with Crippen LogP contribution < -0.4 is 9.46 Å². The number of nitrogens with one attached hydrogen (secondary N) is 1. The lowest BCUT2D eigenvalue weighted by atomic mass is 9.71. The van der Waals surface area contributed by atoms with Gasteiger partial charge < -0.3 is 9.64 Å². The molecular formula is C37H46Cl2N6O6S2. The fraction of sp³-hybridized carbons (Fsp3) is 0.459. The molecule has 2 amide bonds. The first-order chi connectivity index (χ1) is 25.1. The minimum Gasteiger partial charge on any atom is -0.493 e. The van der Waals surface area contributed by atoms with Crippen molar-refractivity contribution in [2.24, 2.45) is 4.99 Å². The van der Waals surface area contributed by atoms with Gasteiger partial charge in [0, 0.05) is 68.5 Å². The Kier molecular flexibility index (Phi) is 11.5. The summed E-state index contributed by atoms with van der Waals surface area (Å²) in [6, 6.07) is 19.3. The second-order valence-corrected chi connectivity index (χ2v) is 18.6. The molecule has 0 radical (unpaired) electrons. The van der Waals surface area contributed by atoms with E-state index in [1.54, 1.807) is 52.3 Å². The minimum absolute atomic E-state index is 0.116. The van der Waals surface area contributed by atoms with E-state index in [0.29, 0.717) is 73.0 Å². The van der Waals surface area contributed by atoms with E-state index in [4.69, 9.17) is 32.9 Å². The SMILES string of the molecule is CCOc1cc(S(=O)(=O)N2CCCC2)ccc1C1=NC(C)(c2ccc(Cl)cc2)C(C)(c2ccc(Cl)cc2)N1C(=O)N1CCN(CCNS(C)(=O)=O)CC1. The number of rotatable bonds is 11. The maximum absolute atomic E-state index is 15.2. The van der Waals surface area contributed by atoms with E-state index in [9.17, 15) is 16.8 Å². The van der Waals surface area contributed by atoms with Gasteiger partial charge in [0.05, 0.1) is 23.3 Å². The number of amides is 2. The zero-order chi connectivity index (χ0) is 38.2. The van der Waals surface area contributed by atoms with Crippen LogP contribution >= 0.6 is 23.2 Å². The van der Waals surface area contributed by atoms with Crippen molar-refractivity contribution in [3.8, 4) is 5.75 Å². The number of amidine groups is 1. The number of aliphatic imine (C=N–C) groups is 1. The minimum atomic E-state index is -3.77. The van der Waals surface area contributed by atoms with Gasteiger partial charge in [0.15, 0.2) is 0 Å². The highest BCUT2D eigenvalue weighted by Gasteiger charge is 2.60. The molecule has 0 bridgehead atoms. The predicted molar refractivity (Wildman–Crippen MR) is 208 cm³/mol. The average Bonchev–Trinajstić information content (AvgIpc) is 3.75. The third-order valence-electron chi connectivity index (χ3n) is 10.6. The summed E-state index contributed by atoms with van der Waals surface area (Å²) >= 11 is 12.8. The molecule has 3 aliphatic heterocycles. The molecule has 2 atom stereocenters. The normalized spacial score (nSPS) is 23.0. The van der Waals surface area contributed by atoms with Crippen molar-refractivity contribution < 1.29 is 26.4 Å². The van der Waals surface area contributed by atoms with Crippen molar-refractivity contribution in [2.75, 3.05) is 65.2 Å². The summed E-state index contributed by atoms with van der Waals surface area (Å²) in [5.41, 5.74) is -0.161. The third kappa shape index (κ3) is 7.82. The second kappa shape index (κ2) is 15.5. The zero-order valence-corrected chi connectivity index (χ0v) is 33.5. The van der Waals surface area contributed by atoms with E-state index in [-0.39, 0.29) is 24.1 Å². The van der Waals surface area contributed by atoms with Crippen molar-refractivity contribution in [1.82, 2.24) is 23.7 Å². The van der Waals surface area contributed by atoms with E-state index < -0.39 is 31.1 Å². The molecule has 0 saturated carbocycles. The van der Waals surface area contributed by atoms with Crippen molar-refractivity contribution in [2.45, 2.75) is 49.6 Å². The van der Waals surface area contributed by atoms with Gasteiger partial charge in [-0.3, -0.25) is 14.8 Å². The Morgan fingerprint density at radius 3 is 2.00 bits per heavy atom. The van der Waals surface area contributed by atoms with Crippen LogP contribution in [0, 0.1) is 0 Å². The number of carbonyl (C=O) groups is 1. The van der Waals surface area contributed by atoms with Gasteiger partial charge in [0.25, 0.3) is 0 Å². The summed E-state index contributed by atoms with van der Waals surface area (Å²) in [4.78, 5) is 26.4. The van der Waals surface area contributed by atoms with Crippen LogP contribution in [0.4, 0.5) is 4.79 Å². The van der Waals surface area contributed by atoms with Gasteiger partial charge in [-0.25, -0.2) is 26.4 Å². The van der Waals surface area contributed by atoms with E-state index in [2.05, 4.69) is 9.62 Å². The lowest BCUT2D eigenvalue weighted by molar-refractivity contribution is 0.0872. The highest BCUT2D eigenvalue weighted by atomic mass is 35.5. The molecule has 0 aliphatic carbocycles. The van der Waals surface area contributed by atoms with Crippen LogP contribution in [0.2, 0.25) is 10.0 Å². The van der Waals surface area contributed by atoms with Gasteiger partial charge in [-0.05, 0) is 81.1 Å². The van der Waals surface area contributed by atoms with E-state index in [0.717, 1.165) is 30.2 Å². The van der Waals surface area contributed by atoms with Gasteiger partial charge in [0.1, 0.15) is 22.7 Å². The Bertz CT molecular complexity index is 2070. The first-order valence-corrected chi connectivity index (χ1v) is 21.8. The van der Waals surface area contributed by atoms with Crippen LogP contribution in [0.5, 0.6) is 5.75 Å². The van der Waals surface area contributed by atoms with Gasteiger partial charge >= 0.3 is 6.03 Å². The first kappa shape index (κ1) is 39.5. The van der Waals surface area contributed by atoms with Crippen molar-refractivity contribution in [1.29, 1.82) is 0 Å². The van der Waals surface area contributed by atoms with Crippen LogP contribution in [0.3, 0.4) is 0 Å². The van der Waals surface area contributed by atoms with E-state index in [1.807, 2.05) is 45.0 Å². The summed E-state index contributed by atoms with van der Waals surface area (Å²) < 4.78 is 60.8. The Labute approximate surface area is 322 Å². The molecule has 2 unspecified atom stereocenters. The highest BCUT2D eigenvalue weighted by Crippen LogP contribution is 2.54. The largest absolute Gasteiger partial charge is 0.493 e. The molecule has 0 spiro atoms. The van der Waals surface area contributed by atoms with Crippen LogP contribution in [0.15, 0.2) is 76.6 Å². The topological polar surface area (TPSA) is 132 Å². The molecule has 6 rings (SSSR count). The summed E-state index contributed by atoms with van der Waals surface area (Å²) in [6.45, 7) is 9.60. The van der Waals surface area contributed by atoms with Crippen LogP contribution in [0.25, 0.3) is 0 Å². The zero-order valence-electron chi connectivity index (χ0n) is 30.4. The monoisotopic (exact) mass is 804 g/mol. The van der Waals surface area contributed by atoms with Gasteiger partial charge in [-0.15, -0.1) is 0 Å². The van der Waals surface area contributed by atoms with Gasteiger partial charge in [0.2, 0.25) is 20.0 Å². The van der Waals surface area contributed by atoms with Crippen LogP contribution in [-0.2, 0) is 31.1 Å². The number of hydrogen-bond donors (Lipinski definition) is 1. The van der Waals surface area contributed by atoms with Crippen molar-refractivity contribution in [3.05, 3.63) is 93.5 Å². The summed E-state index contributed by atoms with van der Waals surface area (Å²) in [5, 5.41) is 1.09. The molecule has 3 aromatic carbocycles. The molecule has 286 valence electrons. The predicted octanol–water partition coefficient (Wildman–Crippen LogP) is 5.36. The van der Waals surface area contributed by atoms with Crippen LogP contribution in [-0.4, -0.2) is 113 Å². The molecule has 3 aromatic rings. The maximum Gasteiger partial charge on any atom is 0.326 e. The molecule has 16 heteroatoms. The number of sulfonamides is 2. The number of halogens is 2. The lowest BCUT2D eigenvalue weighted by Crippen LogP contribution is -2.61. The van der Waals surface area contributed by atoms with Crippen molar-refractivity contribution >= 4 is 55.1 Å². The fourth-order valence-corrected chi connectivity index (χ4v) is 9.71. The maximum atomic E-state index is 15.2. The Morgan fingerprint density at radius 2 is 1.43 bits per heavy atom. The quantitative estimate of drug-likeness (QED) is 0.276. The number of nitrogens with zero attached hydrogens (tertiary/aromatic N) is 5. The van der Waals surface area contributed by atoms with Crippen LogP contribution in [0.1, 0.15) is 50.3 Å². The van der Waals surface area contributed by atoms with E-state index in [1.165, 1.54) is 4.31 Å². The summed E-state index contributed by atoms with van der Waals surface area (Å²) in [5.74, 6) is 0.629. The highest BCUT2D eigenvalue weighted by molar-refractivity contribution is 7.89. The molecule has 53 heavy (non-hydrogen) atoms. The smallest absolute Gasteiger partial charge is 0.326 e. The number of hydrogen-bond acceptors (Lipinski definition) is 8. The molecule has 2 saturated heterocycles. The molecule has 0 aromatic heterocycles.